The van der Waals surface area contributed by atoms with Gasteiger partial charge in [-0.15, -0.1) is 0 Å². The molecule has 0 spiro atoms. The first-order valence-corrected chi connectivity index (χ1v) is 7.64. The van der Waals surface area contributed by atoms with Gasteiger partial charge in [-0.05, 0) is 29.8 Å². The SMILES string of the molecule is O=C(/C=C/c1ccccc1O)SCc1cccc(C(F)(F)F)c1. The third-order valence-electron chi connectivity index (χ3n) is 2.97. The summed E-state index contributed by atoms with van der Waals surface area (Å²) in [6.45, 7) is 0. The molecule has 6 heteroatoms. The van der Waals surface area contributed by atoms with E-state index in [9.17, 15) is 23.1 Å². The van der Waals surface area contributed by atoms with Crippen molar-refractivity contribution >= 4 is 23.0 Å². The van der Waals surface area contributed by atoms with Crippen LogP contribution in [0.25, 0.3) is 6.08 Å². The molecule has 2 rings (SSSR count). The summed E-state index contributed by atoms with van der Waals surface area (Å²) in [5.41, 5.74) is 0.197. The molecular weight excluding hydrogens is 325 g/mol. The van der Waals surface area contributed by atoms with Crippen LogP contribution < -0.4 is 0 Å². The van der Waals surface area contributed by atoms with E-state index in [2.05, 4.69) is 0 Å². The maximum Gasteiger partial charge on any atom is 0.416 e. The summed E-state index contributed by atoms with van der Waals surface area (Å²) in [6.07, 6.45) is -1.64. The van der Waals surface area contributed by atoms with Gasteiger partial charge in [-0.3, -0.25) is 4.79 Å². The zero-order chi connectivity index (χ0) is 16.9. The second kappa shape index (κ2) is 7.37. The molecule has 0 bridgehead atoms. The minimum Gasteiger partial charge on any atom is -0.507 e. The lowest BCUT2D eigenvalue weighted by molar-refractivity contribution is -0.137. The molecule has 0 aliphatic rings. The summed E-state index contributed by atoms with van der Waals surface area (Å²) >= 11 is 0.899. The van der Waals surface area contributed by atoms with E-state index in [1.54, 1.807) is 24.3 Å². The van der Waals surface area contributed by atoms with Crippen LogP contribution in [-0.4, -0.2) is 10.2 Å². The van der Waals surface area contributed by atoms with Crippen LogP contribution in [0.2, 0.25) is 0 Å². The van der Waals surface area contributed by atoms with Crippen molar-refractivity contribution in [2.45, 2.75) is 11.9 Å². The summed E-state index contributed by atoms with van der Waals surface area (Å²) in [5.74, 6) is 0.202. The lowest BCUT2D eigenvalue weighted by Gasteiger charge is -2.07. The van der Waals surface area contributed by atoms with Crippen LogP contribution in [-0.2, 0) is 16.7 Å². The van der Waals surface area contributed by atoms with Gasteiger partial charge in [0.2, 0.25) is 5.12 Å². The van der Waals surface area contributed by atoms with Crippen LogP contribution in [0, 0.1) is 0 Å². The number of phenols is 1. The molecule has 0 fully saturated rings. The Morgan fingerprint density at radius 3 is 2.57 bits per heavy atom. The van der Waals surface area contributed by atoms with Gasteiger partial charge in [-0.25, -0.2) is 0 Å². The second-order valence-corrected chi connectivity index (χ2v) is 5.68. The first kappa shape index (κ1) is 17.1. The van der Waals surface area contributed by atoms with E-state index >= 15 is 0 Å². The highest BCUT2D eigenvalue weighted by Gasteiger charge is 2.30. The highest BCUT2D eigenvalue weighted by atomic mass is 32.2. The molecule has 0 saturated carbocycles. The van der Waals surface area contributed by atoms with Gasteiger partial charge in [-0.1, -0.05) is 48.2 Å². The van der Waals surface area contributed by atoms with Gasteiger partial charge < -0.3 is 5.11 Å². The Hall–Kier alpha value is -2.21. The molecule has 0 aromatic heterocycles. The number of aromatic hydroxyl groups is 1. The molecular formula is C17H13F3O2S. The van der Waals surface area contributed by atoms with E-state index in [1.165, 1.54) is 24.3 Å². The number of thioether (sulfide) groups is 1. The van der Waals surface area contributed by atoms with Crippen molar-refractivity contribution in [3.05, 3.63) is 71.3 Å². The standard InChI is InChI=1S/C17H13F3O2S/c18-17(19,20)14-6-3-4-12(10-14)11-23-16(22)9-8-13-5-1-2-7-15(13)21/h1-10,21H,11H2/b9-8+. The van der Waals surface area contributed by atoms with Crippen LogP contribution in [0.4, 0.5) is 13.2 Å². The molecule has 0 unspecified atom stereocenters. The summed E-state index contributed by atoms with van der Waals surface area (Å²) in [7, 11) is 0. The van der Waals surface area contributed by atoms with Crippen molar-refractivity contribution < 1.29 is 23.1 Å². The first-order valence-electron chi connectivity index (χ1n) is 6.65. The molecule has 0 amide bonds. The lowest BCUT2D eigenvalue weighted by Crippen LogP contribution is -2.05. The molecule has 0 saturated heterocycles. The number of carbonyl (C=O) groups excluding carboxylic acids is 1. The van der Waals surface area contributed by atoms with Crippen molar-refractivity contribution in [3.63, 3.8) is 0 Å². The van der Waals surface area contributed by atoms with Gasteiger partial charge in [0.25, 0.3) is 0 Å². The second-order valence-electron chi connectivity index (χ2n) is 4.70. The molecule has 0 atom stereocenters. The number of hydrogen-bond donors (Lipinski definition) is 1. The Bertz CT molecular complexity index is 724. The number of alkyl halides is 3. The number of phenolic OH excluding ortho intramolecular Hbond substituents is 1. The fraction of sp³-hybridized carbons (Fsp3) is 0.118. The smallest absolute Gasteiger partial charge is 0.416 e. The molecule has 2 aromatic rings. The predicted molar refractivity (Wildman–Crippen MR) is 84.9 cm³/mol. The Morgan fingerprint density at radius 2 is 1.87 bits per heavy atom. The number of halogens is 3. The van der Waals surface area contributed by atoms with Gasteiger partial charge in [0.1, 0.15) is 5.75 Å². The Labute approximate surface area is 135 Å². The van der Waals surface area contributed by atoms with E-state index < -0.39 is 11.7 Å². The minimum absolute atomic E-state index is 0.0550. The summed E-state index contributed by atoms with van der Waals surface area (Å²) < 4.78 is 37.8. The van der Waals surface area contributed by atoms with Gasteiger partial charge in [0.05, 0.1) is 5.56 Å². The number of carbonyl (C=O) groups is 1. The van der Waals surface area contributed by atoms with Crippen LogP contribution in [0.1, 0.15) is 16.7 Å². The Morgan fingerprint density at radius 1 is 1.13 bits per heavy atom. The van der Waals surface area contributed by atoms with Crippen molar-refractivity contribution in [2.24, 2.45) is 0 Å². The minimum atomic E-state index is -4.39. The van der Waals surface area contributed by atoms with Crippen molar-refractivity contribution in [2.75, 3.05) is 0 Å². The normalized spacial score (nSPS) is 11.8. The Kier molecular flexibility index (Phi) is 5.50. The number of hydrogen-bond acceptors (Lipinski definition) is 3. The molecule has 23 heavy (non-hydrogen) atoms. The highest BCUT2D eigenvalue weighted by Crippen LogP contribution is 2.30. The van der Waals surface area contributed by atoms with Crippen LogP contribution in [0.3, 0.4) is 0 Å². The third-order valence-corrected chi connectivity index (χ3v) is 3.87. The van der Waals surface area contributed by atoms with Gasteiger partial charge in [0.15, 0.2) is 0 Å². The fourth-order valence-electron chi connectivity index (χ4n) is 1.83. The van der Waals surface area contributed by atoms with Crippen molar-refractivity contribution in [3.8, 4) is 5.75 Å². The molecule has 1 N–H and O–H groups in total. The van der Waals surface area contributed by atoms with Crippen molar-refractivity contribution in [1.82, 2.24) is 0 Å². The summed E-state index contributed by atoms with van der Waals surface area (Å²) in [4.78, 5) is 11.8. The fourth-order valence-corrected chi connectivity index (χ4v) is 2.48. The molecule has 2 aromatic carbocycles. The Balaban J connectivity index is 1.96. The largest absolute Gasteiger partial charge is 0.507 e. The average molecular weight is 338 g/mol. The van der Waals surface area contributed by atoms with E-state index in [-0.39, 0.29) is 16.6 Å². The van der Waals surface area contributed by atoms with Crippen LogP contribution in [0.5, 0.6) is 5.75 Å². The van der Waals surface area contributed by atoms with E-state index in [0.29, 0.717) is 11.1 Å². The van der Waals surface area contributed by atoms with Crippen LogP contribution in [0.15, 0.2) is 54.6 Å². The zero-order valence-corrected chi connectivity index (χ0v) is 12.7. The van der Waals surface area contributed by atoms with Gasteiger partial charge >= 0.3 is 6.18 Å². The average Bonchev–Trinajstić information content (AvgIpc) is 2.51. The van der Waals surface area contributed by atoms with Gasteiger partial charge in [0, 0.05) is 11.3 Å². The lowest BCUT2D eigenvalue weighted by atomic mass is 10.1. The van der Waals surface area contributed by atoms with Crippen molar-refractivity contribution in [1.29, 1.82) is 0 Å². The quantitative estimate of drug-likeness (QED) is 0.807. The third kappa shape index (κ3) is 5.17. The van der Waals surface area contributed by atoms with Gasteiger partial charge in [-0.2, -0.15) is 13.2 Å². The summed E-state index contributed by atoms with van der Waals surface area (Å²) in [6, 6.07) is 11.4. The maximum atomic E-state index is 12.6. The summed E-state index contributed by atoms with van der Waals surface area (Å²) in [5, 5.41) is 9.26. The first-order chi connectivity index (χ1) is 10.9. The number of benzene rings is 2. The topological polar surface area (TPSA) is 37.3 Å². The van der Waals surface area contributed by atoms with E-state index in [4.69, 9.17) is 0 Å². The molecule has 120 valence electrons. The number of rotatable bonds is 4. The number of para-hydroxylation sites is 1. The van der Waals surface area contributed by atoms with Crippen LogP contribution >= 0.6 is 11.8 Å². The predicted octanol–water partition coefficient (Wildman–Crippen LogP) is 4.88. The maximum absolute atomic E-state index is 12.6. The van der Waals surface area contributed by atoms with E-state index in [0.717, 1.165) is 23.9 Å². The molecule has 0 heterocycles. The van der Waals surface area contributed by atoms with E-state index in [1.807, 2.05) is 0 Å². The highest BCUT2D eigenvalue weighted by molar-refractivity contribution is 8.13. The molecule has 2 nitrogen and oxygen atoms in total. The molecule has 0 aliphatic heterocycles. The zero-order valence-electron chi connectivity index (χ0n) is 11.9. The molecule has 0 aliphatic carbocycles. The monoisotopic (exact) mass is 338 g/mol. The molecule has 0 radical (unpaired) electrons.